The first-order valence-corrected chi connectivity index (χ1v) is 7.75. The van der Waals surface area contributed by atoms with Gasteiger partial charge >= 0.3 is 5.97 Å². The molecule has 0 radical (unpaired) electrons. The fourth-order valence-electron chi connectivity index (χ4n) is 2.07. The van der Waals surface area contributed by atoms with Gasteiger partial charge in [0.05, 0.1) is 0 Å². The molecule has 0 bridgehead atoms. The zero-order valence-electron chi connectivity index (χ0n) is 12.9. The Bertz CT molecular complexity index is 653. The van der Waals surface area contributed by atoms with E-state index in [1.165, 1.54) is 5.56 Å². The average Bonchev–Trinajstić information content (AvgIpc) is 2.52. The number of hydrogen-bond donors (Lipinski definition) is 1. The molecule has 0 atom stereocenters. The number of aryl methyl sites for hydroxylation is 2. The molecule has 2 aromatic carbocycles. The molecule has 0 amide bonds. The van der Waals surface area contributed by atoms with E-state index in [-0.39, 0.29) is 6.42 Å². The molecule has 0 aliphatic carbocycles. The Balaban J connectivity index is 1.86. The van der Waals surface area contributed by atoms with E-state index < -0.39 is 5.97 Å². The Kier molecular flexibility index (Phi) is 6.29. The number of hydrogen-bond acceptors (Lipinski definition) is 3. The van der Waals surface area contributed by atoms with Crippen LogP contribution < -0.4 is 9.47 Å². The van der Waals surface area contributed by atoms with E-state index >= 15 is 0 Å². The Labute approximate surface area is 140 Å². The Hall–Kier alpha value is -2.20. The van der Waals surface area contributed by atoms with Crippen LogP contribution in [0.2, 0.25) is 5.02 Å². The lowest BCUT2D eigenvalue weighted by atomic mass is 10.1. The van der Waals surface area contributed by atoms with Crippen LogP contribution in [-0.4, -0.2) is 24.3 Å². The van der Waals surface area contributed by atoms with Crippen molar-refractivity contribution >= 4 is 17.6 Å². The van der Waals surface area contributed by atoms with E-state index in [2.05, 4.69) is 0 Å². The summed E-state index contributed by atoms with van der Waals surface area (Å²) in [7, 11) is 0. The van der Waals surface area contributed by atoms with E-state index in [1.54, 1.807) is 18.2 Å². The van der Waals surface area contributed by atoms with Gasteiger partial charge in [0, 0.05) is 11.4 Å². The first-order valence-electron chi connectivity index (χ1n) is 7.37. The van der Waals surface area contributed by atoms with Crippen LogP contribution in [0, 0.1) is 6.92 Å². The Morgan fingerprint density at radius 2 is 1.78 bits per heavy atom. The predicted molar refractivity (Wildman–Crippen MR) is 89.6 cm³/mol. The quantitative estimate of drug-likeness (QED) is 0.738. The van der Waals surface area contributed by atoms with Crippen molar-refractivity contribution in [2.75, 3.05) is 13.2 Å². The number of carboxylic acid groups (broad SMARTS) is 1. The van der Waals surface area contributed by atoms with Gasteiger partial charge in [0.15, 0.2) is 0 Å². The number of benzene rings is 2. The summed E-state index contributed by atoms with van der Waals surface area (Å²) >= 11 is 5.96. The largest absolute Gasteiger partial charge is 0.490 e. The van der Waals surface area contributed by atoms with Crippen LogP contribution >= 0.6 is 11.6 Å². The molecule has 2 aromatic rings. The molecular formula is C18H19ClO4. The molecule has 4 nitrogen and oxygen atoms in total. The summed E-state index contributed by atoms with van der Waals surface area (Å²) in [5.41, 5.74) is 1.97. The molecule has 0 aliphatic rings. The number of aliphatic carboxylic acids is 1. The smallest absolute Gasteiger partial charge is 0.303 e. The van der Waals surface area contributed by atoms with Crippen LogP contribution in [0.4, 0.5) is 0 Å². The van der Waals surface area contributed by atoms with Crippen LogP contribution in [0.3, 0.4) is 0 Å². The highest BCUT2D eigenvalue weighted by Gasteiger charge is 2.07. The predicted octanol–water partition coefficient (Wildman–Crippen LogP) is 4.12. The zero-order chi connectivity index (χ0) is 16.7. The fraction of sp³-hybridized carbons (Fsp3) is 0.278. The molecular weight excluding hydrogens is 316 g/mol. The van der Waals surface area contributed by atoms with Gasteiger partial charge in [-0.15, -0.1) is 0 Å². The molecule has 0 fully saturated rings. The zero-order valence-corrected chi connectivity index (χ0v) is 13.7. The van der Waals surface area contributed by atoms with Crippen molar-refractivity contribution in [2.45, 2.75) is 19.8 Å². The van der Waals surface area contributed by atoms with Gasteiger partial charge in [0.2, 0.25) is 0 Å². The highest BCUT2D eigenvalue weighted by atomic mass is 35.5. The summed E-state index contributed by atoms with van der Waals surface area (Å²) in [4.78, 5) is 10.7. The molecule has 0 saturated carbocycles. The number of halogens is 1. The number of carboxylic acids is 1. The maximum atomic E-state index is 10.7. The third-order valence-corrected chi connectivity index (χ3v) is 3.50. The van der Waals surface area contributed by atoms with Crippen molar-refractivity contribution in [3.63, 3.8) is 0 Å². The van der Waals surface area contributed by atoms with Crippen molar-refractivity contribution < 1.29 is 19.4 Å². The van der Waals surface area contributed by atoms with E-state index in [9.17, 15) is 4.79 Å². The van der Waals surface area contributed by atoms with Gasteiger partial charge in [-0.2, -0.15) is 0 Å². The molecule has 1 N–H and O–H groups in total. The average molecular weight is 335 g/mol. The van der Waals surface area contributed by atoms with E-state index in [4.69, 9.17) is 26.2 Å². The highest BCUT2D eigenvalue weighted by molar-refractivity contribution is 6.30. The first-order chi connectivity index (χ1) is 11.0. The lowest BCUT2D eigenvalue weighted by molar-refractivity contribution is -0.136. The molecule has 0 unspecified atom stereocenters. The van der Waals surface area contributed by atoms with Crippen LogP contribution in [-0.2, 0) is 11.2 Å². The summed E-state index contributed by atoms with van der Waals surface area (Å²) in [6.07, 6.45) is 0.417. The standard InChI is InChI=1S/C18H19ClO4/c1-13-2-6-16(7-3-13)22-10-11-23-17-8-5-15(19)12-14(17)4-9-18(20)21/h2-3,5-8,12H,4,9-11H2,1H3,(H,20,21). The highest BCUT2D eigenvalue weighted by Crippen LogP contribution is 2.24. The minimum Gasteiger partial charge on any atom is -0.490 e. The fourth-order valence-corrected chi connectivity index (χ4v) is 2.27. The van der Waals surface area contributed by atoms with Crippen molar-refractivity contribution in [3.05, 3.63) is 58.6 Å². The van der Waals surface area contributed by atoms with Gasteiger partial charge in [-0.3, -0.25) is 4.79 Å². The number of carbonyl (C=O) groups is 1. The lowest BCUT2D eigenvalue weighted by Gasteiger charge is -2.12. The number of rotatable bonds is 8. The van der Waals surface area contributed by atoms with Gasteiger partial charge in [0.25, 0.3) is 0 Å². The van der Waals surface area contributed by atoms with Gasteiger partial charge < -0.3 is 14.6 Å². The maximum Gasteiger partial charge on any atom is 0.303 e. The van der Waals surface area contributed by atoms with E-state index in [0.29, 0.717) is 30.4 Å². The molecule has 5 heteroatoms. The summed E-state index contributed by atoms with van der Waals surface area (Å²) < 4.78 is 11.3. The lowest BCUT2D eigenvalue weighted by Crippen LogP contribution is -2.10. The van der Waals surface area contributed by atoms with Crippen molar-refractivity contribution in [1.82, 2.24) is 0 Å². The van der Waals surface area contributed by atoms with Gasteiger partial charge in [-0.1, -0.05) is 29.3 Å². The van der Waals surface area contributed by atoms with Crippen LogP contribution in [0.1, 0.15) is 17.5 Å². The molecule has 23 heavy (non-hydrogen) atoms. The van der Waals surface area contributed by atoms with Crippen LogP contribution in [0.5, 0.6) is 11.5 Å². The topological polar surface area (TPSA) is 55.8 Å². The number of ether oxygens (including phenoxy) is 2. The Morgan fingerprint density at radius 1 is 1.09 bits per heavy atom. The minimum absolute atomic E-state index is 0.0383. The monoisotopic (exact) mass is 334 g/mol. The minimum atomic E-state index is -0.848. The summed E-state index contributed by atoms with van der Waals surface area (Å²) in [5.74, 6) is 0.586. The van der Waals surface area contributed by atoms with Crippen molar-refractivity contribution in [3.8, 4) is 11.5 Å². The summed E-state index contributed by atoms with van der Waals surface area (Å²) in [6.45, 7) is 2.80. The maximum absolute atomic E-state index is 10.7. The normalized spacial score (nSPS) is 10.3. The molecule has 0 saturated heterocycles. The second-order valence-electron chi connectivity index (χ2n) is 5.16. The molecule has 0 spiro atoms. The van der Waals surface area contributed by atoms with Gasteiger partial charge in [-0.05, 0) is 49.2 Å². The molecule has 0 heterocycles. The first kappa shape index (κ1) is 17.2. The summed E-state index contributed by atoms with van der Waals surface area (Å²) in [6, 6.07) is 13.0. The van der Waals surface area contributed by atoms with E-state index in [1.807, 2.05) is 31.2 Å². The third kappa shape index (κ3) is 5.83. The Morgan fingerprint density at radius 3 is 2.48 bits per heavy atom. The second-order valence-corrected chi connectivity index (χ2v) is 5.59. The SMILES string of the molecule is Cc1ccc(OCCOc2ccc(Cl)cc2CCC(=O)O)cc1. The molecule has 0 aliphatic heterocycles. The second kappa shape index (κ2) is 8.44. The molecule has 2 rings (SSSR count). The van der Waals surface area contributed by atoms with Crippen molar-refractivity contribution in [2.24, 2.45) is 0 Å². The summed E-state index contributed by atoms with van der Waals surface area (Å²) in [5, 5.41) is 9.36. The van der Waals surface area contributed by atoms with Crippen LogP contribution in [0.25, 0.3) is 0 Å². The molecule has 0 aromatic heterocycles. The van der Waals surface area contributed by atoms with Crippen molar-refractivity contribution in [1.29, 1.82) is 0 Å². The van der Waals surface area contributed by atoms with Crippen LogP contribution in [0.15, 0.2) is 42.5 Å². The van der Waals surface area contributed by atoms with E-state index in [0.717, 1.165) is 11.3 Å². The third-order valence-electron chi connectivity index (χ3n) is 3.26. The van der Waals surface area contributed by atoms with Gasteiger partial charge in [0.1, 0.15) is 24.7 Å². The van der Waals surface area contributed by atoms with Gasteiger partial charge in [-0.25, -0.2) is 0 Å². The molecule has 122 valence electrons.